The predicted octanol–water partition coefficient (Wildman–Crippen LogP) is 4.32. The maximum absolute atomic E-state index is 4.72. The minimum Gasteiger partial charge on any atom is -0.224 e. The van der Waals surface area contributed by atoms with Crippen molar-refractivity contribution in [2.24, 2.45) is 20.0 Å². The molecule has 4 aromatic rings. The minimum atomic E-state index is 0.565. The smallest absolute Gasteiger partial charge is 0.199 e. The van der Waals surface area contributed by atoms with Crippen LogP contribution in [0.4, 0.5) is 0 Å². The summed E-state index contributed by atoms with van der Waals surface area (Å²) in [7, 11) is 0. The standard InChI is InChI=1S/C26H16N4S2/c1-3-7-17(8-4-1)31-19-11-13-21-23(15-19)29-25(27-21)26-28-22-14-12-20(16-24(22)30-26)32-18-9-5-2-6-10-18/h1-16H/b26-25-. The number of benzene rings is 4. The Kier molecular flexibility index (Phi) is 4.94. The van der Waals surface area contributed by atoms with Gasteiger partial charge >= 0.3 is 0 Å². The van der Waals surface area contributed by atoms with Crippen LogP contribution in [0.1, 0.15) is 0 Å². The largest absolute Gasteiger partial charge is 0.224 e. The van der Waals surface area contributed by atoms with Crippen LogP contribution in [0.5, 0.6) is 0 Å². The first-order chi connectivity index (χ1) is 15.8. The highest BCUT2D eigenvalue weighted by atomic mass is 32.2. The lowest BCUT2D eigenvalue weighted by Crippen LogP contribution is -2.20. The average Bonchev–Trinajstić information content (AvgIpc) is 3.44. The van der Waals surface area contributed by atoms with E-state index in [0.717, 1.165) is 31.2 Å². The third-order valence-electron chi connectivity index (χ3n) is 4.96. The number of nitrogens with zero attached hydrogens (tertiary/aromatic N) is 4. The van der Waals surface area contributed by atoms with Gasteiger partial charge in [0.1, 0.15) is 0 Å². The lowest BCUT2D eigenvalue weighted by molar-refractivity contribution is 1.08. The van der Waals surface area contributed by atoms with Crippen molar-refractivity contribution in [3.05, 3.63) is 130 Å². The highest BCUT2D eigenvalue weighted by molar-refractivity contribution is 7.99. The molecule has 152 valence electrons. The Morgan fingerprint density at radius 3 is 1.22 bits per heavy atom. The zero-order chi connectivity index (χ0) is 21.3. The van der Waals surface area contributed by atoms with Gasteiger partial charge in [0, 0.05) is 19.6 Å². The molecule has 0 fully saturated rings. The summed E-state index contributed by atoms with van der Waals surface area (Å²) in [6.45, 7) is 0. The van der Waals surface area contributed by atoms with Crippen LogP contribution in [0.15, 0.2) is 148 Å². The van der Waals surface area contributed by atoms with Crippen LogP contribution in [0, 0.1) is 0 Å². The fourth-order valence-electron chi connectivity index (χ4n) is 3.46. The van der Waals surface area contributed by atoms with Gasteiger partial charge < -0.3 is 0 Å². The molecule has 0 amide bonds. The fraction of sp³-hybridized carbons (Fsp3) is 0. The molecular formula is C26H16N4S2. The molecule has 2 aliphatic rings. The quantitative estimate of drug-likeness (QED) is 0.467. The molecule has 2 heterocycles. The second-order valence-electron chi connectivity index (χ2n) is 7.23. The Morgan fingerprint density at radius 1 is 0.375 bits per heavy atom. The highest BCUT2D eigenvalue weighted by Crippen LogP contribution is 2.27. The van der Waals surface area contributed by atoms with E-state index in [9.17, 15) is 0 Å². The molecule has 0 saturated heterocycles. The zero-order valence-corrected chi connectivity index (χ0v) is 18.5. The second kappa shape index (κ2) is 8.22. The van der Waals surface area contributed by atoms with E-state index in [1.165, 1.54) is 9.79 Å². The van der Waals surface area contributed by atoms with Crippen molar-refractivity contribution in [2.75, 3.05) is 0 Å². The second-order valence-corrected chi connectivity index (χ2v) is 9.52. The van der Waals surface area contributed by atoms with Crippen molar-refractivity contribution < 1.29 is 0 Å². The Bertz CT molecular complexity index is 1490. The molecule has 6 rings (SSSR count). The van der Waals surface area contributed by atoms with E-state index in [-0.39, 0.29) is 0 Å². The molecule has 0 spiro atoms. The molecule has 2 aliphatic heterocycles. The maximum Gasteiger partial charge on any atom is 0.199 e. The van der Waals surface area contributed by atoms with Crippen LogP contribution >= 0.6 is 23.5 Å². The van der Waals surface area contributed by atoms with Gasteiger partial charge in [0.15, 0.2) is 11.6 Å². The van der Waals surface area contributed by atoms with Gasteiger partial charge in [-0.05, 0) is 60.7 Å². The van der Waals surface area contributed by atoms with Crippen molar-refractivity contribution in [1.82, 2.24) is 0 Å². The van der Waals surface area contributed by atoms with Gasteiger partial charge in [0.2, 0.25) is 0 Å². The van der Waals surface area contributed by atoms with Crippen LogP contribution in [0.2, 0.25) is 0 Å². The summed E-state index contributed by atoms with van der Waals surface area (Å²) in [6.07, 6.45) is 0. The van der Waals surface area contributed by atoms with Gasteiger partial charge in [-0.3, -0.25) is 0 Å². The van der Waals surface area contributed by atoms with Crippen molar-refractivity contribution in [3.8, 4) is 0 Å². The van der Waals surface area contributed by atoms with E-state index in [2.05, 4.69) is 58.5 Å². The van der Waals surface area contributed by atoms with Gasteiger partial charge in [-0.25, -0.2) is 20.0 Å². The first-order valence-electron chi connectivity index (χ1n) is 10.2. The molecule has 0 saturated carbocycles. The van der Waals surface area contributed by atoms with E-state index in [4.69, 9.17) is 9.98 Å². The number of hydrogen-bond donors (Lipinski definition) is 0. The molecule has 6 heteroatoms. The summed E-state index contributed by atoms with van der Waals surface area (Å²) in [5, 5.41) is 3.42. The normalized spacial score (nSPS) is 15.8. The van der Waals surface area contributed by atoms with Gasteiger partial charge in [0.05, 0.1) is 21.4 Å². The van der Waals surface area contributed by atoms with Crippen molar-refractivity contribution in [1.29, 1.82) is 0 Å². The van der Waals surface area contributed by atoms with Crippen LogP contribution < -0.4 is 21.4 Å². The Labute approximate surface area is 192 Å². The molecule has 0 bridgehead atoms. The molecule has 0 aliphatic carbocycles. The van der Waals surface area contributed by atoms with Crippen molar-refractivity contribution >= 4 is 23.5 Å². The Balaban J connectivity index is 1.32. The average molecular weight is 449 g/mol. The zero-order valence-electron chi connectivity index (χ0n) is 16.8. The fourth-order valence-corrected chi connectivity index (χ4v) is 5.20. The van der Waals surface area contributed by atoms with Crippen LogP contribution in [-0.4, -0.2) is 0 Å². The maximum atomic E-state index is 4.72. The lowest BCUT2D eigenvalue weighted by Gasteiger charge is -1.99. The SMILES string of the molecule is c1ccc(Sc2ccc3c(c2)=N/C(=C2/N=c4ccc(Sc5ccccc5)cc4=N2)N=3)cc1. The first-order valence-corrected chi connectivity index (χ1v) is 11.8. The van der Waals surface area contributed by atoms with Gasteiger partial charge in [-0.1, -0.05) is 59.9 Å². The van der Waals surface area contributed by atoms with E-state index < -0.39 is 0 Å². The third-order valence-corrected chi connectivity index (χ3v) is 6.95. The van der Waals surface area contributed by atoms with Crippen LogP contribution in [0.3, 0.4) is 0 Å². The van der Waals surface area contributed by atoms with Crippen LogP contribution in [-0.2, 0) is 0 Å². The molecule has 0 radical (unpaired) electrons. The summed E-state index contributed by atoms with van der Waals surface area (Å²) in [5.41, 5.74) is 0. The topological polar surface area (TPSA) is 49.4 Å². The third kappa shape index (κ3) is 3.90. The number of hydrogen-bond acceptors (Lipinski definition) is 6. The van der Waals surface area contributed by atoms with Gasteiger partial charge in [-0.2, -0.15) is 0 Å². The summed E-state index contributed by atoms with van der Waals surface area (Å²) in [4.78, 5) is 23.4. The molecule has 0 unspecified atom stereocenters. The van der Waals surface area contributed by atoms with E-state index in [0.29, 0.717) is 11.6 Å². The minimum absolute atomic E-state index is 0.565. The van der Waals surface area contributed by atoms with Crippen LogP contribution in [0.25, 0.3) is 0 Å². The molecule has 4 aromatic carbocycles. The summed E-state index contributed by atoms with van der Waals surface area (Å²) < 4.78 is 0. The first kappa shape index (κ1) is 19.2. The molecule has 32 heavy (non-hydrogen) atoms. The van der Waals surface area contributed by atoms with Gasteiger partial charge in [0.25, 0.3) is 0 Å². The Hall–Kier alpha value is -3.48. The van der Waals surface area contributed by atoms with Crippen molar-refractivity contribution in [3.63, 3.8) is 0 Å². The monoisotopic (exact) mass is 448 g/mol. The Morgan fingerprint density at radius 2 is 0.781 bits per heavy atom. The van der Waals surface area contributed by atoms with Gasteiger partial charge in [-0.15, -0.1) is 0 Å². The highest BCUT2D eigenvalue weighted by Gasteiger charge is 2.13. The predicted molar refractivity (Wildman–Crippen MR) is 126 cm³/mol. The molecule has 0 atom stereocenters. The molecule has 0 aromatic heterocycles. The molecule has 0 N–H and O–H groups in total. The number of fused-ring (bicyclic) bond motifs is 2. The molecular weight excluding hydrogens is 432 g/mol. The van der Waals surface area contributed by atoms with E-state index >= 15 is 0 Å². The molecule has 4 nitrogen and oxygen atoms in total. The van der Waals surface area contributed by atoms with E-state index in [1.807, 2.05) is 48.5 Å². The summed E-state index contributed by atoms with van der Waals surface area (Å²) in [5.74, 6) is 1.13. The lowest BCUT2D eigenvalue weighted by atomic mass is 10.3. The van der Waals surface area contributed by atoms with Crippen molar-refractivity contribution in [2.45, 2.75) is 19.6 Å². The summed E-state index contributed by atoms with van der Waals surface area (Å²) >= 11 is 3.42. The number of rotatable bonds is 4. The van der Waals surface area contributed by atoms with E-state index in [1.54, 1.807) is 23.5 Å². The summed E-state index contributed by atoms with van der Waals surface area (Å²) in [6, 6.07) is 32.9.